The summed E-state index contributed by atoms with van der Waals surface area (Å²) in [5.41, 5.74) is 7.14. The Morgan fingerprint density at radius 2 is 1.11 bits per heavy atom. The Morgan fingerprint density at radius 3 is 1.63 bits per heavy atom. The smallest absolute Gasteiger partial charge is 1.00 e. The van der Waals surface area contributed by atoms with Gasteiger partial charge in [-0.3, -0.25) is 0 Å². The summed E-state index contributed by atoms with van der Waals surface area (Å²) < 4.78 is 1.44. The minimum Gasteiger partial charge on any atom is -1.00 e. The predicted molar refractivity (Wildman–Crippen MR) is 96.5 cm³/mol. The molecule has 0 heterocycles. The summed E-state index contributed by atoms with van der Waals surface area (Å²) in [7, 11) is 0. The molecule has 0 bridgehead atoms. The van der Waals surface area contributed by atoms with Crippen LogP contribution in [0.25, 0.3) is 3.88 Å². The fourth-order valence-electron chi connectivity index (χ4n) is 3.92. The molecule has 0 radical (unpaired) electrons. The number of rotatable bonds is 3. The number of allylic oxidation sites excluding steroid dienone is 1. The van der Waals surface area contributed by atoms with Crippen molar-refractivity contribution in [3.05, 3.63) is 113 Å². The van der Waals surface area contributed by atoms with Gasteiger partial charge in [0.15, 0.2) is 0 Å². The van der Waals surface area contributed by atoms with Crippen LogP contribution in [0.4, 0.5) is 0 Å². The van der Waals surface area contributed by atoms with Crippen LogP contribution in [-0.2, 0) is 20.4 Å². The van der Waals surface area contributed by atoms with Gasteiger partial charge in [-0.05, 0) is 0 Å². The van der Waals surface area contributed by atoms with Crippen LogP contribution in [-0.4, -0.2) is 0 Å². The van der Waals surface area contributed by atoms with E-state index in [-0.39, 0.29) is 37.2 Å². The number of hydrogen-bond acceptors (Lipinski definition) is 0. The standard InChI is InChI=1S/C23H19.3ClH.Ti/c1-17-16-20-14-8-9-15-21(20)22(17)23(18-10-4-2-5-11-18)19-12-6-3-7-13-19;;;;/h2-15,22-23H,1H3;3*1H;/q;;;;+3/p-3. The van der Waals surface area contributed by atoms with Crippen LogP contribution in [0.5, 0.6) is 0 Å². The minimum absolute atomic E-state index is 0. The maximum absolute atomic E-state index is 2.30. The third kappa shape index (κ3) is 4.53. The molecular weight excluding hydrogens is 430 g/mol. The third-order valence-corrected chi connectivity index (χ3v) is 6.11. The molecule has 4 heteroatoms. The van der Waals surface area contributed by atoms with Gasteiger partial charge in [0.25, 0.3) is 0 Å². The molecular formula is C23H19Cl3Ti. The molecule has 0 amide bonds. The molecule has 1 unspecified atom stereocenters. The van der Waals surface area contributed by atoms with E-state index in [9.17, 15) is 0 Å². The summed E-state index contributed by atoms with van der Waals surface area (Å²) in [5, 5.41) is 0. The Hall–Kier alpha value is -1.02. The molecule has 0 aliphatic heterocycles. The molecule has 1 aliphatic carbocycles. The number of hydrogen-bond donors (Lipinski definition) is 0. The first-order valence-corrected chi connectivity index (χ1v) is 9.17. The Kier molecular flexibility index (Phi) is 9.35. The largest absolute Gasteiger partial charge is 1.00 e. The molecule has 1 aliphatic rings. The molecule has 1 atom stereocenters. The molecule has 0 N–H and O–H groups in total. The second-order valence-corrected chi connectivity index (χ2v) is 7.20. The van der Waals surface area contributed by atoms with Gasteiger partial charge < -0.3 is 37.2 Å². The van der Waals surface area contributed by atoms with Crippen LogP contribution < -0.4 is 37.2 Å². The van der Waals surface area contributed by atoms with Gasteiger partial charge >= 0.3 is 156 Å². The first-order valence-electron chi connectivity index (χ1n) is 8.39. The van der Waals surface area contributed by atoms with Crippen molar-refractivity contribution in [1.29, 1.82) is 0 Å². The first-order chi connectivity index (χ1) is 11.8. The maximum atomic E-state index is 2.30. The molecule has 4 rings (SSSR count). The summed E-state index contributed by atoms with van der Waals surface area (Å²) in [6.07, 6.45) is 0. The summed E-state index contributed by atoms with van der Waals surface area (Å²) in [6.45, 7) is 2.30. The van der Waals surface area contributed by atoms with E-state index in [4.69, 9.17) is 0 Å². The van der Waals surface area contributed by atoms with E-state index < -0.39 is 0 Å². The predicted octanol–water partition coefficient (Wildman–Crippen LogP) is -3.09. The zero-order valence-corrected chi connectivity index (χ0v) is 18.7. The third-order valence-electron chi connectivity index (χ3n) is 5.08. The zero-order chi connectivity index (χ0) is 16.5. The van der Waals surface area contributed by atoms with E-state index in [1.807, 2.05) is 0 Å². The molecule has 3 aromatic carbocycles. The molecule has 3 aromatic rings. The van der Waals surface area contributed by atoms with Crippen molar-refractivity contribution in [2.24, 2.45) is 0 Å². The van der Waals surface area contributed by atoms with Gasteiger partial charge in [-0.15, -0.1) is 0 Å². The summed E-state index contributed by atoms with van der Waals surface area (Å²) in [6, 6.07) is 30.8. The summed E-state index contributed by atoms with van der Waals surface area (Å²) in [4.78, 5) is 0. The Balaban J connectivity index is 0.00000121. The Labute approximate surface area is 192 Å². The molecule has 27 heavy (non-hydrogen) atoms. The van der Waals surface area contributed by atoms with Crippen molar-refractivity contribution in [1.82, 2.24) is 0 Å². The van der Waals surface area contributed by atoms with Crippen molar-refractivity contribution < 1.29 is 57.7 Å². The number of halogens is 3. The van der Waals surface area contributed by atoms with Crippen LogP contribution >= 0.6 is 0 Å². The van der Waals surface area contributed by atoms with Crippen LogP contribution in [0.1, 0.15) is 41.0 Å². The van der Waals surface area contributed by atoms with Gasteiger partial charge in [-0.2, -0.15) is 0 Å². The molecule has 0 spiro atoms. The molecule has 0 nitrogen and oxygen atoms in total. The quantitative estimate of drug-likeness (QED) is 0.372. The molecule has 0 aromatic heterocycles. The minimum atomic E-state index is 0. The van der Waals surface area contributed by atoms with Gasteiger partial charge in [-0.25, -0.2) is 0 Å². The van der Waals surface area contributed by atoms with Crippen molar-refractivity contribution in [2.45, 2.75) is 18.8 Å². The second kappa shape index (κ2) is 10.5. The molecule has 0 fully saturated rings. The van der Waals surface area contributed by atoms with Crippen molar-refractivity contribution in [3.63, 3.8) is 0 Å². The van der Waals surface area contributed by atoms with Crippen molar-refractivity contribution in [3.8, 4) is 0 Å². The van der Waals surface area contributed by atoms with Gasteiger partial charge in [0.1, 0.15) is 0 Å². The van der Waals surface area contributed by atoms with E-state index in [1.54, 1.807) is 0 Å². The summed E-state index contributed by atoms with van der Waals surface area (Å²) >= 11 is 2.27. The average molecular weight is 450 g/mol. The first kappa shape index (κ1) is 24.0. The number of fused-ring (bicyclic) bond motifs is 1. The van der Waals surface area contributed by atoms with E-state index in [0.29, 0.717) is 11.8 Å². The van der Waals surface area contributed by atoms with Gasteiger partial charge in [0, 0.05) is 0 Å². The van der Waals surface area contributed by atoms with Crippen molar-refractivity contribution in [2.75, 3.05) is 0 Å². The van der Waals surface area contributed by atoms with Crippen LogP contribution in [0.2, 0.25) is 0 Å². The number of benzene rings is 3. The van der Waals surface area contributed by atoms with E-state index in [2.05, 4.69) is 112 Å². The van der Waals surface area contributed by atoms with E-state index in [1.165, 1.54) is 31.7 Å². The molecule has 136 valence electrons. The van der Waals surface area contributed by atoms with E-state index in [0.717, 1.165) is 0 Å². The van der Waals surface area contributed by atoms with Gasteiger partial charge in [-0.1, -0.05) is 0 Å². The molecule has 0 saturated carbocycles. The van der Waals surface area contributed by atoms with E-state index >= 15 is 0 Å². The normalized spacial score (nSPS) is 14.7. The van der Waals surface area contributed by atoms with Gasteiger partial charge in [0.05, 0.1) is 0 Å². The van der Waals surface area contributed by atoms with Crippen molar-refractivity contribution >= 4 is 3.88 Å². The monoisotopic (exact) mass is 448 g/mol. The SMILES string of the molecule is CC1=[C]([Ti+3])c2ccccc2C1C(c1ccccc1)c1ccccc1.[Cl-].[Cl-].[Cl-]. The summed E-state index contributed by atoms with van der Waals surface area (Å²) in [5.74, 6) is 0.761. The zero-order valence-electron chi connectivity index (χ0n) is 14.9. The second-order valence-electron chi connectivity index (χ2n) is 6.42. The Morgan fingerprint density at radius 1 is 0.667 bits per heavy atom. The van der Waals surface area contributed by atoms with Crippen LogP contribution in [0.3, 0.4) is 0 Å². The fourth-order valence-corrected chi connectivity index (χ4v) is 4.52. The topological polar surface area (TPSA) is 0 Å². The van der Waals surface area contributed by atoms with Gasteiger partial charge in [0.2, 0.25) is 0 Å². The van der Waals surface area contributed by atoms with Crippen LogP contribution in [0, 0.1) is 0 Å². The Bertz CT molecular complexity index is 852. The fraction of sp³-hybridized carbons (Fsp3) is 0.130. The maximum Gasteiger partial charge on any atom is -1.00 e. The van der Waals surface area contributed by atoms with Crippen LogP contribution in [0.15, 0.2) is 90.5 Å². The molecule has 0 saturated heterocycles. The average Bonchev–Trinajstić information content (AvgIpc) is 2.90.